The van der Waals surface area contributed by atoms with Gasteiger partial charge in [0.25, 0.3) is 5.91 Å². The Balaban J connectivity index is 1.36. The molecule has 1 aromatic carbocycles. The number of benzene rings is 1. The molecule has 0 radical (unpaired) electrons. The van der Waals surface area contributed by atoms with Gasteiger partial charge in [-0.05, 0) is 49.2 Å². The number of carbonyl (C=O) groups is 3. The Bertz CT molecular complexity index is 930. The van der Waals surface area contributed by atoms with E-state index in [0.717, 1.165) is 11.3 Å². The Morgan fingerprint density at radius 1 is 1.00 bits per heavy atom. The highest BCUT2D eigenvalue weighted by atomic mass is 16.3. The lowest BCUT2D eigenvalue weighted by Crippen LogP contribution is -2.52. The zero-order chi connectivity index (χ0) is 20.5. The van der Waals surface area contributed by atoms with Crippen molar-refractivity contribution in [2.45, 2.75) is 20.3 Å². The second-order valence-corrected chi connectivity index (χ2v) is 7.77. The van der Waals surface area contributed by atoms with Crippen LogP contribution in [-0.4, -0.2) is 60.2 Å². The van der Waals surface area contributed by atoms with Crippen LogP contribution in [0.25, 0.3) is 0 Å². The van der Waals surface area contributed by atoms with Crippen molar-refractivity contribution in [2.75, 3.05) is 37.6 Å². The van der Waals surface area contributed by atoms with Gasteiger partial charge in [-0.2, -0.15) is 0 Å². The van der Waals surface area contributed by atoms with Gasteiger partial charge in [0.2, 0.25) is 11.8 Å². The van der Waals surface area contributed by atoms with Gasteiger partial charge in [0.05, 0.1) is 12.2 Å². The van der Waals surface area contributed by atoms with Gasteiger partial charge >= 0.3 is 0 Å². The highest BCUT2D eigenvalue weighted by Crippen LogP contribution is 2.28. The summed E-state index contributed by atoms with van der Waals surface area (Å²) in [4.78, 5) is 43.1. The molecule has 2 aliphatic heterocycles. The Hall–Kier alpha value is -3.09. The third-order valence-electron chi connectivity index (χ3n) is 5.89. The van der Waals surface area contributed by atoms with E-state index in [1.54, 1.807) is 26.8 Å². The van der Waals surface area contributed by atoms with E-state index in [1.807, 2.05) is 32.0 Å². The molecule has 2 fully saturated rings. The maximum atomic E-state index is 13.0. The largest absolute Gasteiger partial charge is 0.459 e. The molecule has 2 aliphatic rings. The van der Waals surface area contributed by atoms with Crippen molar-refractivity contribution in [3.05, 3.63) is 53.5 Å². The van der Waals surface area contributed by atoms with Crippen LogP contribution in [-0.2, 0) is 9.59 Å². The number of furan rings is 1. The second kappa shape index (κ2) is 7.73. The van der Waals surface area contributed by atoms with Crippen molar-refractivity contribution < 1.29 is 18.8 Å². The zero-order valence-electron chi connectivity index (χ0n) is 16.8. The maximum Gasteiger partial charge on any atom is 0.289 e. The average Bonchev–Trinajstić information content (AvgIpc) is 3.39. The molecular formula is C22H25N3O4. The van der Waals surface area contributed by atoms with E-state index in [4.69, 9.17) is 4.42 Å². The topological polar surface area (TPSA) is 74.1 Å². The van der Waals surface area contributed by atoms with Crippen molar-refractivity contribution in [1.29, 1.82) is 0 Å². The number of piperazine rings is 1. The van der Waals surface area contributed by atoms with Crippen LogP contribution in [0.1, 0.15) is 28.1 Å². The number of amides is 3. The fourth-order valence-electron chi connectivity index (χ4n) is 3.96. The Kier molecular flexibility index (Phi) is 5.13. The number of carbonyl (C=O) groups excluding carboxylic acids is 3. The molecule has 1 aromatic heterocycles. The lowest BCUT2D eigenvalue weighted by Gasteiger charge is -2.35. The van der Waals surface area contributed by atoms with Gasteiger partial charge in [-0.25, -0.2) is 0 Å². The number of anilines is 1. The van der Waals surface area contributed by atoms with Crippen LogP contribution in [0.4, 0.5) is 5.69 Å². The third-order valence-corrected chi connectivity index (χ3v) is 5.89. The molecule has 2 aromatic rings. The lowest BCUT2D eigenvalue weighted by atomic mass is 10.1. The smallest absolute Gasteiger partial charge is 0.289 e. The molecule has 7 nitrogen and oxygen atoms in total. The van der Waals surface area contributed by atoms with E-state index in [9.17, 15) is 14.4 Å². The van der Waals surface area contributed by atoms with Crippen molar-refractivity contribution in [2.24, 2.45) is 5.92 Å². The van der Waals surface area contributed by atoms with Crippen LogP contribution in [0, 0.1) is 19.8 Å². The van der Waals surface area contributed by atoms with Gasteiger partial charge in [-0.3, -0.25) is 14.4 Å². The van der Waals surface area contributed by atoms with Gasteiger partial charge in [-0.1, -0.05) is 6.07 Å². The summed E-state index contributed by atoms with van der Waals surface area (Å²) in [5, 5.41) is 0. The van der Waals surface area contributed by atoms with Crippen LogP contribution in [0.15, 0.2) is 41.0 Å². The molecule has 3 heterocycles. The Morgan fingerprint density at radius 2 is 1.72 bits per heavy atom. The summed E-state index contributed by atoms with van der Waals surface area (Å²) in [6.07, 6.45) is 1.71. The van der Waals surface area contributed by atoms with E-state index in [-0.39, 0.29) is 30.1 Å². The van der Waals surface area contributed by atoms with Gasteiger partial charge in [0.1, 0.15) is 0 Å². The van der Waals surface area contributed by atoms with E-state index >= 15 is 0 Å². The quantitative estimate of drug-likeness (QED) is 0.799. The molecule has 0 bridgehead atoms. The summed E-state index contributed by atoms with van der Waals surface area (Å²) >= 11 is 0. The van der Waals surface area contributed by atoms with Crippen molar-refractivity contribution in [3.8, 4) is 0 Å². The molecule has 0 N–H and O–H groups in total. The number of hydrogen-bond donors (Lipinski definition) is 0. The molecule has 0 spiro atoms. The third kappa shape index (κ3) is 3.77. The van der Waals surface area contributed by atoms with Gasteiger partial charge in [-0.15, -0.1) is 0 Å². The van der Waals surface area contributed by atoms with Crippen LogP contribution in [0.5, 0.6) is 0 Å². The summed E-state index contributed by atoms with van der Waals surface area (Å²) in [5.41, 5.74) is 3.15. The molecule has 4 rings (SSSR count). The van der Waals surface area contributed by atoms with E-state index in [1.165, 1.54) is 11.8 Å². The zero-order valence-corrected chi connectivity index (χ0v) is 16.8. The monoisotopic (exact) mass is 395 g/mol. The standard InChI is InChI=1S/C22H25N3O4/c1-15-5-6-18(12-16(15)2)25-14-17(13-20(25)26)21(27)23-7-9-24(10-8-23)22(28)19-4-3-11-29-19/h3-6,11-12,17H,7-10,13-14H2,1-2H3/t17-/m1/s1. The summed E-state index contributed by atoms with van der Waals surface area (Å²) in [6, 6.07) is 9.27. The normalized spacial score (nSPS) is 19.7. The fourth-order valence-corrected chi connectivity index (χ4v) is 3.96. The fraction of sp³-hybridized carbons (Fsp3) is 0.409. The van der Waals surface area contributed by atoms with Crippen molar-refractivity contribution >= 4 is 23.4 Å². The molecule has 152 valence electrons. The highest BCUT2D eigenvalue weighted by molar-refractivity contribution is 6.00. The van der Waals surface area contributed by atoms with Gasteiger partial charge in [0, 0.05) is 44.8 Å². The van der Waals surface area contributed by atoms with E-state index < -0.39 is 0 Å². The van der Waals surface area contributed by atoms with Crippen LogP contribution in [0.3, 0.4) is 0 Å². The van der Waals surface area contributed by atoms with E-state index in [0.29, 0.717) is 38.5 Å². The minimum Gasteiger partial charge on any atom is -0.459 e. The van der Waals surface area contributed by atoms with Crippen LogP contribution < -0.4 is 4.90 Å². The maximum absolute atomic E-state index is 13.0. The average molecular weight is 395 g/mol. The summed E-state index contributed by atoms with van der Waals surface area (Å²) < 4.78 is 5.17. The lowest BCUT2D eigenvalue weighted by molar-refractivity contribution is -0.137. The molecule has 29 heavy (non-hydrogen) atoms. The molecule has 2 saturated heterocycles. The molecule has 0 unspecified atom stereocenters. The highest BCUT2D eigenvalue weighted by Gasteiger charge is 2.38. The first-order valence-electron chi connectivity index (χ1n) is 9.93. The second-order valence-electron chi connectivity index (χ2n) is 7.77. The summed E-state index contributed by atoms with van der Waals surface area (Å²) in [5.74, 6) is -0.196. The number of nitrogens with zero attached hydrogens (tertiary/aromatic N) is 3. The summed E-state index contributed by atoms with van der Waals surface area (Å²) in [6.45, 7) is 6.34. The van der Waals surface area contributed by atoms with Crippen LogP contribution >= 0.6 is 0 Å². The Labute approximate surface area is 169 Å². The minimum atomic E-state index is -0.337. The van der Waals surface area contributed by atoms with Crippen LogP contribution in [0.2, 0.25) is 0 Å². The van der Waals surface area contributed by atoms with Crippen molar-refractivity contribution in [1.82, 2.24) is 9.80 Å². The molecule has 0 saturated carbocycles. The molecule has 3 amide bonds. The van der Waals surface area contributed by atoms with Crippen molar-refractivity contribution in [3.63, 3.8) is 0 Å². The number of rotatable bonds is 3. The number of aryl methyl sites for hydroxylation is 2. The first-order valence-corrected chi connectivity index (χ1v) is 9.93. The first-order chi connectivity index (χ1) is 13.9. The molecule has 7 heteroatoms. The first kappa shape index (κ1) is 19.2. The van der Waals surface area contributed by atoms with E-state index in [2.05, 4.69) is 0 Å². The predicted octanol–water partition coefficient (Wildman–Crippen LogP) is 2.23. The van der Waals surface area contributed by atoms with Gasteiger partial charge in [0.15, 0.2) is 5.76 Å². The molecule has 0 aliphatic carbocycles. The number of hydrogen-bond acceptors (Lipinski definition) is 4. The minimum absolute atomic E-state index is 0.00483. The molecular weight excluding hydrogens is 370 g/mol. The van der Waals surface area contributed by atoms with Gasteiger partial charge < -0.3 is 19.1 Å². The summed E-state index contributed by atoms with van der Waals surface area (Å²) in [7, 11) is 0. The Morgan fingerprint density at radius 3 is 2.38 bits per heavy atom. The SMILES string of the molecule is Cc1ccc(N2C[C@H](C(=O)N3CCN(C(=O)c4ccco4)CC3)CC2=O)cc1C. The molecule has 1 atom stereocenters. The predicted molar refractivity (Wildman–Crippen MR) is 108 cm³/mol.